The van der Waals surface area contributed by atoms with Crippen LogP contribution in [0.15, 0.2) is 52.0 Å². The zero-order valence-electron chi connectivity index (χ0n) is 17.0. The summed E-state index contributed by atoms with van der Waals surface area (Å²) in [4.78, 5) is 14.6. The fourth-order valence-electron chi connectivity index (χ4n) is 3.48. The molecular weight excluding hydrogens is 390 g/mol. The summed E-state index contributed by atoms with van der Waals surface area (Å²) in [6.45, 7) is 1.65. The van der Waals surface area contributed by atoms with Crippen LogP contribution >= 0.6 is 0 Å². The van der Waals surface area contributed by atoms with Crippen LogP contribution in [0.2, 0.25) is 0 Å². The lowest BCUT2D eigenvalue weighted by Gasteiger charge is -2.22. The minimum atomic E-state index is -3.39. The molecule has 0 aliphatic carbocycles. The van der Waals surface area contributed by atoms with E-state index in [0.717, 1.165) is 24.2 Å². The van der Waals surface area contributed by atoms with Gasteiger partial charge in [-0.3, -0.25) is 9.69 Å². The van der Waals surface area contributed by atoms with Gasteiger partial charge in [-0.1, -0.05) is 12.1 Å². The van der Waals surface area contributed by atoms with Gasteiger partial charge >= 0.3 is 0 Å². The number of likely N-dealkylation sites (N-methyl/N-ethyl adjacent to an activating group) is 1. The summed E-state index contributed by atoms with van der Waals surface area (Å²) in [5.74, 6) is 0.766. The largest absolute Gasteiger partial charge is 0.468 e. The van der Waals surface area contributed by atoms with E-state index in [1.165, 1.54) is 4.31 Å². The summed E-state index contributed by atoms with van der Waals surface area (Å²) in [7, 11) is 0.489. The van der Waals surface area contributed by atoms with Gasteiger partial charge in [0.1, 0.15) is 5.76 Å². The van der Waals surface area contributed by atoms with Gasteiger partial charge in [-0.05, 0) is 63.2 Å². The molecule has 1 aliphatic rings. The number of sulfonamides is 1. The van der Waals surface area contributed by atoms with Crippen LogP contribution < -0.4 is 5.32 Å². The summed E-state index contributed by atoms with van der Waals surface area (Å²) in [6, 6.07) is 10.6. The highest BCUT2D eigenvalue weighted by Gasteiger charge is 2.26. The van der Waals surface area contributed by atoms with Crippen LogP contribution in [0.3, 0.4) is 0 Å². The van der Waals surface area contributed by atoms with E-state index < -0.39 is 10.0 Å². The van der Waals surface area contributed by atoms with Gasteiger partial charge in [0, 0.05) is 26.1 Å². The maximum absolute atomic E-state index is 12.6. The molecule has 1 aromatic carbocycles. The smallest absolute Gasteiger partial charge is 0.243 e. The molecule has 3 rings (SSSR count). The van der Waals surface area contributed by atoms with Crippen molar-refractivity contribution in [3.8, 4) is 0 Å². The Hall–Kier alpha value is -2.16. The number of hydrogen-bond acceptors (Lipinski definition) is 5. The standard InChI is InChI=1S/C21H29N3O4S/c1-23(2)19(20-6-5-15-28-20)16-22-21(25)12-9-17-7-10-18(11-8-17)29(26,27)24-13-3-4-14-24/h5-8,10-11,15,19H,3-4,9,12-14,16H2,1-2H3,(H,22,25). The summed E-state index contributed by atoms with van der Waals surface area (Å²) in [6.07, 6.45) is 4.36. The molecule has 1 unspecified atom stereocenters. The van der Waals surface area contributed by atoms with E-state index in [-0.39, 0.29) is 11.9 Å². The van der Waals surface area contributed by atoms with Crippen LogP contribution in [0.4, 0.5) is 0 Å². The fourth-order valence-corrected chi connectivity index (χ4v) is 5.00. The second-order valence-corrected chi connectivity index (χ2v) is 9.49. The first-order valence-electron chi connectivity index (χ1n) is 9.93. The Morgan fingerprint density at radius 3 is 2.45 bits per heavy atom. The van der Waals surface area contributed by atoms with Crippen LogP contribution in [0, 0.1) is 0 Å². The number of nitrogens with zero attached hydrogens (tertiary/aromatic N) is 2. The van der Waals surface area contributed by atoms with Gasteiger partial charge < -0.3 is 9.73 Å². The highest BCUT2D eigenvalue weighted by molar-refractivity contribution is 7.89. The lowest BCUT2D eigenvalue weighted by atomic mass is 10.1. The molecule has 0 bridgehead atoms. The van der Waals surface area contributed by atoms with Gasteiger partial charge in [-0.25, -0.2) is 8.42 Å². The van der Waals surface area contributed by atoms with Gasteiger partial charge in [0.05, 0.1) is 17.2 Å². The van der Waals surface area contributed by atoms with Crippen molar-refractivity contribution in [3.05, 3.63) is 54.0 Å². The average Bonchev–Trinajstić information content (AvgIpc) is 3.41. The van der Waals surface area contributed by atoms with E-state index >= 15 is 0 Å². The molecule has 2 heterocycles. The third-order valence-corrected chi connectivity index (χ3v) is 7.17. The lowest BCUT2D eigenvalue weighted by Crippen LogP contribution is -2.34. The van der Waals surface area contributed by atoms with E-state index in [2.05, 4.69) is 5.32 Å². The number of hydrogen-bond donors (Lipinski definition) is 1. The van der Waals surface area contributed by atoms with Crippen molar-refractivity contribution in [1.82, 2.24) is 14.5 Å². The quantitative estimate of drug-likeness (QED) is 0.675. The van der Waals surface area contributed by atoms with E-state index in [1.54, 1.807) is 30.5 Å². The van der Waals surface area contributed by atoms with Crippen LogP contribution in [0.25, 0.3) is 0 Å². The minimum absolute atomic E-state index is 0.0240. The molecule has 0 saturated carbocycles. The molecule has 1 saturated heterocycles. The van der Waals surface area contributed by atoms with Crippen molar-refractivity contribution >= 4 is 15.9 Å². The molecule has 158 valence electrons. The molecule has 0 radical (unpaired) electrons. The fraction of sp³-hybridized carbons (Fsp3) is 0.476. The summed E-state index contributed by atoms with van der Waals surface area (Å²) >= 11 is 0. The molecular formula is C21H29N3O4S. The van der Waals surface area contributed by atoms with Gasteiger partial charge in [0.2, 0.25) is 15.9 Å². The van der Waals surface area contributed by atoms with Crippen molar-refractivity contribution in [3.63, 3.8) is 0 Å². The first-order valence-corrected chi connectivity index (χ1v) is 11.4. The van der Waals surface area contributed by atoms with Crippen LogP contribution in [0.1, 0.15) is 36.6 Å². The number of aryl methyl sites for hydroxylation is 1. The number of benzene rings is 1. The third-order valence-electron chi connectivity index (χ3n) is 5.25. The molecule has 1 atom stereocenters. The molecule has 1 fully saturated rings. The average molecular weight is 420 g/mol. The highest BCUT2D eigenvalue weighted by Crippen LogP contribution is 2.21. The van der Waals surface area contributed by atoms with Crippen molar-refractivity contribution in [1.29, 1.82) is 0 Å². The number of carbonyl (C=O) groups excluding carboxylic acids is 1. The molecule has 1 aromatic heterocycles. The zero-order chi connectivity index (χ0) is 20.9. The molecule has 1 aliphatic heterocycles. The third kappa shape index (κ3) is 5.46. The molecule has 1 amide bonds. The topological polar surface area (TPSA) is 82.9 Å². The van der Waals surface area contributed by atoms with Crippen LogP contribution in [0.5, 0.6) is 0 Å². The highest BCUT2D eigenvalue weighted by atomic mass is 32.2. The van der Waals surface area contributed by atoms with Crippen LogP contribution in [-0.4, -0.2) is 57.3 Å². The maximum atomic E-state index is 12.6. The Labute approximate surface area is 172 Å². The van der Waals surface area contributed by atoms with Crippen molar-refractivity contribution in [2.75, 3.05) is 33.7 Å². The molecule has 2 aromatic rings. The van der Waals surface area contributed by atoms with Crippen molar-refractivity contribution in [2.45, 2.75) is 36.6 Å². The minimum Gasteiger partial charge on any atom is -0.468 e. The number of rotatable bonds is 9. The molecule has 1 N–H and O–H groups in total. The monoisotopic (exact) mass is 419 g/mol. The van der Waals surface area contributed by atoms with Crippen molar-refractivity contribution in [2.24, 2.45) is 0 Å². The molecule has 8 heteroatoms. The maximum Gasteiger partial charge on any atom is 0.243 e. The Bertz CT molecular complexity index is 887. The normalized spacial score (nSPS) is 16.2. The number of nitrogens with one attached hydrogen (secondary N) is 1. The van der Waals surface area contributed by atoms with Crippen LogP contribution in [-0.2, 0) is 21.2 Å². The van der Waals surface area contributed by atoms with E-state index in [0.29, 0.717) is 37.4 Å². The second kappa shape index (κ2) is 9.56. The number of carbonyl (C=O) groups is 1. The molecule has 0 spiro atoms. The van der Waals surface area contributed by atoms with E-state index in [4.69, 9.17) is 4.42 Å². The number of furan rings is 1. The number of amides is 1. The Kier molecular flexibility index (Phi) is 7.10. The van der Waals surface area contributed by atoms with E-state index in [9.17, 15) is 13.2 Å². The molecule has 7 nitrogen and oxygen atoms in total. The summed E-state index contributed by atoms with van der Waals surface area (Å²) in [5, 5.41) is 2.95. The van der Waals surface area contributed by atoms with Gasteiger partial charge in [-0.2, -0.15) is 4.31 Å². The Balaban J connectivity index is 1.50. The van der Waals surface area contributed by atoms with Gasteiger partial charge in [0.15, 0.2) is 0 Å². The SMILES string of the molecule is CN(C)C(CNC(=O)CCc1ccc(S(=O)(=O)N2CCCC2)cc1)c1ccco1. The second-order valence-electron chi connectivity index (χ2n) is 7.55. The molecule has 29 heavy (non-hydrogen) atoms. The first-order chi connectivity index (χ1) is 13.9. The summed E-state index contributed by atoms with van der Waals surface area (Å²) in [5.41, 5.74) is 0.940. The predicted molar refractivity (Wildman–Crippen MR) is 111 cm³/mol. The van der Waals surface area contributed by atoms with Crippen molar-refractivity contribution < 1.29 is 17.6 Å². The Morgan fingerprint density at radius 1 is 1.17 bits per heavy atom. The first kappa shape index (κ1) is 21.5. The van der Waals surface area contributed by atoms with Gasteiger partial charge in [0.25, 0.3) is 0 Å². The Morgan fingerprint density at radius 2 is 1.86 bits per heavy atom. The van der Waals surface area contributed by atoms with E-state index in [1.807, 2.05) is 31.1 Å². The lowest BCUT2D eigenvalue weighted by molar-refractivity contribution is -0.121. The predicted octanol–water partition coefficient (Wildman–Crippen LogP) is 2.42. The zero-order valence-corrected chi connectivity index (χ0v) is 17.8. The van der Waals surface area contributed by atoms with Gasteiger partial charge in [-0.15, -0.1) is 0 Å². The summed E-state index contributed by atoms with van der Waals surface area (Å²) < 4.78 is 32.1.